The lowest BCUT2D eigenvalue weighted by atomic mass is 10.2. The van der Waals surface area contributed by atoms with Crippen LogP contribution in [0.2, 0.25) is 0 Å². The number of benzene rings is 2. The predicted molar refractivity (Wildman–Crippen MR) is 97.9 cm³/mol. The van der Waals surface area contributed by atoms with Crippen LogP contribution in [0.4, 0.5) is 11.5 Å². The van der Waals surface area contributed by atoms with E-state index in [1.807, 2.05) is 61.5 Å². The molecule has 0 aliphatic heterocycles. The van der Waals surface area contributed by atoms with Crippen LogP contribution in [0.5, 0.6) is 0 Å². The second-order valence-electron chi connectivity index (χ2n) is 5.48. The Balaban J connectivity index is 2.04. The fraction of sp³-hybridized carbons (Fsp3) is 0.150. The van der Waals surface area contributed by atoms with Crippen LogP contribution < -0.4 is 5.32 Å². The number of anilines is 2. The number of nitrogens with zero attached hydrogens (tertiary/aromatic N) is 2. The lowest BCUT2D eigenvalue weighted by Gasteiger charge is -2.13. The second kappa shape index (κ2) is 7.57. The monoisotopic (exact) mass is 333 g/mol. The van der Waals surface area contributed by atoms with E-state index in [4.69, 9.17) is 4.74 Å². The van der Waals surface area contributed by atoms with Crippen molar-refractivity contribution < 1.29 is 9.53 Å². The van der Waals surface area contributed by atoms with E-state index in [2.05, 4.69) is 15.3 Å². The van der Waals surface area contributed by atoms with E-state index in [-0.39, 0.29) is 0 Å². The molecule has 25 heavy (non-hydrogen) atoms. The van der Waals surface area contributed by atoms with Gasteiger partial charge in [-0.3, -0.25) is 0 Å². The highest BCUT2D eigenvalue weighted by atomic mass is 16.5. The standard InChI is InChI=1S/C20H19N3O2/c1-3-25-20(24)16-13-21-18(15-10-5-4-6-11-15)23-19(16)22-17-12-8-7-9-14(17)2/h4-13H,3H2,1-2H3,(H,21,22,23). The topological polar surface area (TPSA) is 64.1 Å². The average Bonchev–Trinajstić information content (AvgIpc) is 2.64. The molecule has 0 aliphatic rings. The molecule has 1 N–H and O–H groups in total. The van der Waals surface area contributed by atoms with Gasteiger partial charge in [0.1, 0.15) is 11.4 Å². The summed E-state index contributed by atoms with van der Waals surface area (Å²) in [6.45, 7) is 4.06. The number of carbonyl (C=O) groups excluding carboxylic acids is 1. The van der Waals surface area contributed by atoms with Crippen molar-refractivity contribution >= 4 is 17.5 Å². The number of ether oxygens (including phenoxy) is 1. The van der Waals surface area contributed by atoms with E-state index in [1.165, 1.54) is 6.20 Å². The molecule has 0 saturated carbocycles. The summed E-state index contributed by atoms with van der Waals surface area (Å²) in [4.78, 5) is 21.1. The second-order valence-corrected chi connectivity index (χ2v) is 5.48. The predicted octanol–water partition coefficient (Wildman–Crippen LogP) is 4.37. The minimum absolute atomic E-state index is 0.295. The molecule has 0 spiro atoms. The van der Waals surface area contributed by atoms with Crippen molar-refractivity contribution in [2.75, 3.05) is 11.9 Å². The van der Waals surface area contributed by atoms with Crippen molar-refractivity contribution in [3.63, 3.8) is 0 Å². The first-order valence-corrected chi connectivity index (χ1v) is 8.11. The molecule has 1 heterocycles. The first kappa shape index (κ1) is 16.6. The Morgan fingerprint density at radius 3 is 2.52 bits per heavy atom. The molecular weight excluding hydrogens is 314 g/mol. The van der Waals surface area contributed by atoms with Crippen LogP contribution in [0, 0.1) is 6.92 Å². The minimum atomic E-state index is -0.446. The molecule has 0 saturated heterocycles. The van der Waals surface area contributed by atoms with Crippen molar-refractivity contribution in [2.45, 2.75) is 13.8 Å². The van der Waals surface area contributed by atoms with E-state index in [1.54, 1.807) is 6.92 Å². The SMILES string of the molecule is CCOC(=O)c1cnc(-c2ccccc2)nc1Nc1ccccc1C. The van der Waals surface area contributed by atoms with Gasteiger partial charge in [0.25, 0.3) is 0 Å². The van der Waals surface area contributed by atoms with Crippen molar-refractivity contribution in [2.24, 2.45) is 0 Å². The van der Waals surface area contributed by atoms with Crippen LogP contribution in [-0.2, 0) is 4.74 Å². The fourth-order valence-corrected chi connectivity index (χ4v) is 2.40. The maximum Gasteiger partial charge on any atom is 0.343 e. The molecule has 0 atom stereocenters. The van der Waals surface area contributed by atoms with E-state index in [0.717, 1.165) is 16.8 Å². The van der Waals surface area contributed by atoms with Crippen LogP contribution in [0.1, 0.15) is 22.8 Å². The average molecular weight is 333 g/mol. The number of para-hydroxylation sites is 1. The molecule has 5 nitrogen and oxygen atoms in total. The number of rotatable bonds is 5. The molecular formula is C20H19N3O2. The summed E-state index contributed by atoms with van der Waals surface area (Å²) < 4.78 is 5.12. The molecule has 0 fully saturated rings. The number of nitrogens with one attached hydrogen (secondary N) is 1. The third kappa shape index (κ3) is 3.83. The van der Waals surface area contributed by atoms with Gasteiger partial charge >= 0.3 is 5.97 Å². The van der Waals surface area contributed by atoms with Crippen molar-refractivity contribution in [1.82, 2.24) is 9.97 Å². The third-order valence-corrected chi connectivity index (χ3v) is 3.71. The molecule has 0 amide bonds. The third-order valence-electron chi connectivity index (χ3n) is 3.71. The van der Waals surface area contributed by atoms with Gasteiger partial charge in [0, 0.05) is 17.4 Å². The minimum Gasteiger partial charge on any atom is -0.462 e. The van der Waals surface area contributed by atoms with Crippen LogP contribution in [-0.4, -0.2) is 22.5 Å². The number of hydrogen-bond donors (Lipinski definition) is 1. The van der Waals surface area contributed by atoms with Gasteiger partial charge in [-0.25, -0.2) is 14.8 Å². The van der Waals surface area contributed by atoms with E-state index < -0.39 is 5.97 Å². The van der Waals surface area contributed by atoms with Gasteiger partial charge in [-0.1, -0.05) is 48.5 Å². The fourth-order valence-electron chi connectivity index (χ4n) is 2.40. The smallest absolute Gasteiger partial charge is 0.343 e. The zero-order valence-corrected chi connectivity index (χ0v) is 14.2. The molecule has 5 heteroatoms. The van der Waals surface area contributed by atoms with Crippen LogP contribution in [0.25, 0.3) is 11.4 Å². The molecule has 0 radical (unpaired) electrons. The van der Waals surface area contributed by atoms with Crippen molar-refractivity contribution in [3.05, 3.63) is 71.9 Å². The summed E-state index contributed by atoms with van der Waals surface area (Å²) in [5.74, 6) is 0.532. The molecule has 3 rings (SSSR count). The summed E-state index contributed by atoms with van der Waals surface area (Å²) >= 11 is 0. The Hall–Kier alpha value is -3.21. The van der Waals surface area contributed by atoms with Crippen molar-refractivity contribution in [3.8, 4) is 11.4 Å². The molecule has 0 aliphatic carbocycles. The van der Waals surface area contributed by atoms with Gasteiger partial charge in [-0.2, -0.15) is 0 Å². The maximum atomic E-state index is 12.2. The molecule has 0 unspecified atom stereocenters. The highest BCUT2D eigenvalue weighted by Gasteiger charge is 2.17. The number of hydrogen-bond acceptors (Lipinski definition) is 5. The van der Waals surface area contributed by atoms with Gasteiger partial charge < -0.3 is 10.1 Å². The molecule has 3 aromatic rings. The number of aromatic nitrogens is 2. The quantitative estimate of drug-likeness (QED) is 0.702. The van der Waals surface area contributed by atoms with Gasteiger partial charge in [-0.05, 0) is 25.5 Å². The Kier molecular flexibility index (Phi) is 5.04. The van der Waals surface area contributed by atoms with Crippen LogP contribution in [0.3, 0.4) is 0 Å². The summed E-state index contributed by atoms with van der Waals surface area (Å²) in [7, 11) is 0. The summed E-state index contributed by atoms with van der Waals surface area (Å²) in [5.41, 5.74) is 3.12. The van der Waals surface area contributed by atoms with Gasteiger partial charge in [0.2, 0.25) is 0 Å². The number of esters is 1. The van der Waals surface area contributed by atoms with E-state index in [0.29, 0.717) is 23.8 Å². The Bertz CT molecular complexity index is 879. The number of carbonyl (C=O) groups is 1. The first-order valence-electron chi connectivity index (χ1n) is 8.11. The van der Waals surface area contributed by atoms with Crippen LogP contribution >= 0.6 is 0 Å². The molecule has 2 aromatic carbocycles. The van der Waals surface area contributed by atoms with Crippen LogP contribution in [0.15, 0.2) is 60.8 Å². The summed E-state index contributed by atoms with van der Waals surface area (Å²) in [6, 6.07) is 17.5. The number of aryl methyl sites for hydroxylation is 1. The molecule has 126 valence electrons. The zero-order valence-electron chi connectivity index (χ0n) is 14.2. The highest BCUT2D eigenvalue weighted by Crippen LogP contribution is 2.24. The molecule has 1 aromatic heterocycles. The summed E-state index contributed by atoms with van der Waals surface area (Å²) in [5, 5.41) is 3.24. The largest absolute Gasteiger partial charge is 0.462 e. The van der Waals surface area contributed by atoms with E-state index >= 15 is 0 Å². The lowest BCUT2D eigenvalue weighted by Crippen LogP contribution is -2.11. The van der Waals surface area contributed by atoms with Crippen molar-refractivity contribution in [1.29, 1.82) is 0 Å². The first-order chi connectivity index (χ1) is 12.2. The molecule has 0 bridgehead atoms. The Labute approximate surface area is 146 Å². The van der Waals surface area contributed by atoms with Gasteiger partial charge in [-0.15, -0.1) is 0 Å². The Morgan fingerprint density at radius 2 is 1.80 bits per heavy atom. The summed E-state index contributed by atoms with van der Waals surface area (Å²) in [6.07, 6.45) is 1.51. The Morgan fingerprint density at radius 1 is 1.08 bits per heavy atom. The van der Waals surface area contributed by atoms with Gasteiger partial charge in [0.15, 0.2) is 5.82 Å². The lowest BCUT2D eigenvalue weighted by molar-refractivity contribution is 0.0526. The highest BCUT2D eigenvalue weighted by molar-refractivity contribution is 5.95. The zero-order chi connectivity index (χ0) is 17.6. The van der Waals surface area contributed by atoms with E-state index in [9.17, 15) is 4.79 Å². The normalized spacial score (nSPS) is 10.3. The van der Waals surface area contributed by atoms with Gasteiger partial charge in [0.05, 0.1) is 6.61 Å². The maximum absolute atomic E-state index is 12.2.